The molecule has 0 bridgehead atoms. The zero-order valence-corrected chi connectivity index (χ0v) is 20.9. The van der Waals surface area contributed by atoms with Crippen molar-refractivity contribution < 1.29 is 14.3 Å². The summed E-state index contributed by atoms with van der Waals surface area (Å²) in [4.78, 5) is 30.2. The molecule has 2 aromatic carbocycles. The first-order valence-corrected chi connectivity index (χ1v) is 11.9. The molecule has 0 spiro atoms. The number of benzene rings is 2. The lowest BCUT2D eigenvalue weighted by Crippen LogP contribution is -2.32. The SMILES string of the molecule is C=CC(=O)N(CCOC)c1ccc(N=Nc2nn(-c3nc4ccccc4s3)cc2C#N)c(NC(C)=O)c1. The van der Waals surface area contributed by atoms with Crippen LogP contribution in [0, 0.1) is 11.3 Å². The van der Waals surface area contributed by atoms with E-state index in [1.54, 1.807) is 24.4 Å². The molecule has 0 fully saturated rings. The summed E-state index contributed by atoms with van der Waals surface area (Å²) in [6, 6.07) is 14.6. The molecule has 0 aliphatic carbocycles. The maximum absolute atomic E-state index is 12.4. The highest BCUT2D eigenvalue weighted by atomic mass is 32.1. The summed E-state index contributed by atoms with van der Waals surface area (Å²) in [5.74, 6) is -0.549. The fourth-order valence-corrected chi connectivity index (χ4v) is 4.30. The number of hydrogen-bond donors (Lipinski definition) is 1. The van der Waals surface area contributed by atoms with Gasteiger partial charge in [0.25, 0.3) is 0 Å². The van der Waals surface area contributed by atoms with Gasteiger partial charge in [-0.05, 0) is 36.4 Å². The van der Waals surface area contributed by atoms with E-state index in [1.165, 1.54) is 41.0 Å². The number of carbonyl (C=O) groups is 2. The van der Waals surface area contributed by atoms with E-state index in [1.807, 2.05) is 24.3 Å². The molecule has 0 aliphatic rings. The first-order chi connectivity index (χ1) is 17.9. The predicted octanol–water partition coefficient (Wildman–Crippen LogP) is 4.89. The third-order valence-corrected chi connectivity index (χ3v) is 6.13. The number of carbonyl (C=O) groups excluding carboxylic acids is 2. The maximum atomic E-state index is 12.4. The van der Waals surface area contributed by atoms with Gasteiger partial charge >= 0.3 is 0 Å². The van der Waals surface area contributed by atoms with E-state index in [-0.39, 0.29) is 29.7 Å². The van der Waals surface area contributed by atoms with Crippen LogP contribution in [-0.4, -0.2) is 46.8 Å². The second-order valence-electron chi connectivity index (χ2n) is 7.66. The second kappa shape index (κ2) is 11.3. The lowest BCUT2D eigenvalue weighted by atomic mass is 10.2. The molecular formula is C25H22N8O3S. The zero-order chi connectivity index (χ0) is 26.4. The van der Waals surface area contributed by atoms with Crippen molar-refractivity contribution in [3.8, 4) is 11.2 Å². The number of methoxy groups -OCH3 is 1. The normalized spacial score (nSPS) is 10.9. The van der Waals surface area contributed by atoms with Crippen LogP contribution in [0.4, 0.5) is 22.9 Å². The van der Waals surface area contributed by atoms with E-state index in [0.29, 0.717) is 28.8 Å². The quantitative estimate of drug-likeness (QED) is 0.249. The molecule has 0 saturated heterocycles. The maximum Gasteiger partial charge on any atom is 0.250 e. The van der Waals surface area contributed by atoms with Gasteiger partial charge in [0.2, 0.25) is 22.8 Å². The van der Waals surface area contributed by atoms with Crippen LogP contribution in [0.3, 0.4) is 0 Å². The summed E-state index contributed by atoms with van der Waals surface area (Å²) in [5, 5.41) is 25.7. The Morgan fingerprint density at radius 2 is 2.11 bits per heavy atom. The van der Waals surface area contributed by atoms with E-state index in [2.05, 4.69) is 38.3 Å². The Balaban J connectivity index is 1.68. The Hall–Kier alpha value is -4.73. The summed E-state index contributed by atoms with van der Waals surface area (Å²) in [5.41, 5.74) is 2.20. The van der Waals surface area contributed by atoms with Crippen LogP contribution in [0.5, 0.6) is 0 Å². The van der Waals surface area contributed by atoms with Crippen molar-refractivity contribution in [3.05, 3.63) is 66.9 Å². The molecule has 2 heterocycles. The van der Waals surface area contributed by atoms with Gasteiger partial charge in [-0.2, -0.15) is 5.26 Å². The topological polar surface area (TPSA) is 138 Å². The smallest absolute Gasteiger partial charge is 0.250 e. The Morgan fingerprint density at radius 3 is 2.81 bits per heavy atom. The van der Waals surface area contributed by atoms with Gasteiger partial charge in [-0.3, -0.25) is 9.59 Å². The van der Waals surface area contributed by atoms with Gasteiger partial charge < -0.3 is 15.0 Å². The standard InChI is InChI=1S/C25H22N8O3S/c1-4-23(35)32(11-12-36-3)18-9-10-19(21(13-18)27-16(2)34)29-30-24-17(14-26)15-33(31-24)25-28-20-7-5-6-8-22(20)37-25/h4-10,13,15H,1,11-12H2,2-3H3,(H,27,34). The number of nitriles is 1. The van der Waals surface area contributed by atoms with Crippen LogP contribution in [0.25, 0.3) is 15.3 Å². The number of ether oxygens (including phenoxy) is 1. The fourth-order valence-electron chi connectivity index (χ4n) is 3.40. The minimum absolute atomic E-state index is 0.100. The van der Waals surface area contributed by atoms with Crippen molar-refractivity contribution in [1.82, 2.24) is 14.8 Å². The van der Waals surface area contributed by atoms with E-state index in [9.17, 15) is 14.9 Å². The van der Waals surface area contributed by atoms with Crippen molar-refractivity contribution in [2.75, 3.05) is 30.5 Å². The lowest BCUT2D eigenvalue weighted by molar-refractivity contribution is -0.115. The van der Waals surface area contributed by atoms with Crippen LogP contribution < -0.4 is 10.2 Å². The summed E-state index contributed by atoms with van der Waals surface area (Å²) < 4.78 is 7.58. The third kappa shape index (κ3) is 5.75. The molecule has 37 heavy (non-hydrogen) atoms. The van der Waals surface area contributed by atoms with Crippen LogP contribution in [-0.2, 0) is 14.3 Å². The summed E-state index contributed by atoms with van der Waals surface area (Å²) in [7, 11) is 1.54. The number of aromatic nitrogens is 3. The first-order valence-electron chi connectivity index (χ1n) is 11.1. The van der Waals surface area contributed by atoms with Crippen LogP contribution >= 0.6 is 11.3 Å². The molecule has 0 radical (unpaired) electrons. The van der Waals surface area contributed by atoms with E-state index in [0.717, 1.165) is 10.2 Å². The molecule has 2 amide bonds. The Kier molecular flexibility index (Phi) is 7.77. The monoisotopic (exact) mass is 514 g/mol. The largest absolute Gasteiger partial charge is 0.383 e. The Labute approximate surface area is 216 Å². The zero-order valence-electron chi connectivity index (χ0n) is 20.1. The summed E-state index contributed by atoms with van der Waals surface area (Å²) in [6.07, 6.45) is 2.74. The molecule has 0 unspecified atom stereocenters. The number of rotatable bonds is 9. The number of fused-ring (bicyclic) bond motifs is 1. The molecule has 4 aromatic rings. The van der Waals surface area contributed by atoms with E-state index >= 15 is 0 Å². The molecular weight excluding hydrogens is 492 g/mol. The fraction of sp³-hybridized carbons (Fsp3) is 0.160. The Morgan fingerprint density at radius 1 is 1.30 bits per heavy atom. The molecule has 186 valence electrons. The van der Waals surface area contributed by atoms with Crippen molar-refractivity contribution in [3.63, 3.8) is 0 Å². The Bertz CT molecular complexity index is 1520. The van der Waals surface area contributed by atoms with Gasteiger partial charge in [0.1, 0.15) is 17.3 Å². The van der Waals surface area contributed by atoms with E-state index < -0.39 is 0 Å². The average molecular weight is 515 g/mol. The summed E-state index contributed by atoms with van der Waals surface area (Å²) >= 11 is 1.43. The molecule has 2 aromatic heterocycles. The van der Waals surface area contributed by atoms with Gasteiger partial charge in [0.05, 0.1) is 28.7 Å². The molecule has 0 aliphatic heterocycles. The highest BCUT2D eigenvalue weighted by molar-refractivity contribution is 7.20. The van der Waals surface area contributed by atoms with Crippen LogP contribution in [0.1, 0.15) is 12.5 Å². The van der Waals surface area contributed by atoms with Crippen molar-refractivity contribution in [2.45, 2.75) is 6.92 Å². The molecule has 0 saturated carbocycles. The molecule has 11 nitrogen and oxygen atoms in total. The predicted molar refractivity (Wildman–Crippen MR) is 141 cm³/mol. The number of nitrogens with zero attached hydrogens (tertiary/aromatic N) is 7. The van der Waals surface area contributed by atoms with Crippen molar-refractivity contribution in [1.29, 1.82) is 5.26 Å². The number of anilines is 2. The minimum atomic E-state index is -0.329. The lowest BCUT2D eigenvalue weighted by Gasteiger charge is -2.22. The average Bonchev–Trinajstić information content (AvgIpc) is 3.51. The van der Waals surface area contributed by atoms with Crippen molar-refractivity contribution >= 4 is 56.2 Å². The molecule has 4 rings (SSSR count). The van der Waals surface area contributed by atoms with Gasteiger partial charge in [0, 0.05) is 26.3 Å². The van der Waals surface area contributed by atoms with Gasteiger partial charge in [-0.25, -0.2) is 9.67 Å². The van der Waals surface area contributed by atoms with Gasteiger partial charge in [0.15, 0.2) is 0 Å². The number of amides is 2. The third-order valence-electron chi connectivity index (χ3n) is 5.11. The van der Waals surface area contributed by atoms with E-state index in [4.69, 9.17) is 4.74 Å². The van der Waals surface area contributed by atoms with Gasteiger partial charge in [-0.15, -0.1) is 15.3 Å². The van der Waals surface area contributed by atoms with Crippen LogP contribution in [0.15, 0.2) is 71.5 Å². The van der Waals surface area contributed by atoms with Crippen molar-refractivity contribution in [2.24, 2.45) is 10.2 Å². The number of azo groups is 1. The molecule has 0 atom stereocenters. The highest BCUT2D eigenvalue weighted by Gasteiger charge is 2.16. The number of thiazole rings is 1. The van der Waals surface area contributed by atoms with Gasteiger partial charge in [-0.1, -0.05) is 30.0 Å². The number of nitrogens with one attached hydrogen (secondary N) is 1. The minimum Gasteiger partial charge on any atom is -0.383 e. The number of para-hydroxylation sites is 1. The number of hydrogen-bond acceptors (Lipinski definition) is 9. The first kappa shape index (κ1) is 25.4. The molecule has 12 heteroatoms. The van der Waals surface area contributed by atoms with Crippen LogP contribution in [0.2, 0.25) is 0 Å². The molecule has 1 N–H and O–H groups in total. The second-order valence-corrected chi connectivity index (χ2v) is 8.67. The summed E-state index contributed by atoms with van der Waals surface area (Å²) in [6.45, 7) is 5.50. The highest BCUT2D eigenvalue weighted by Crippen LogP contribution is 2.33.